The normalized spacial score (nSPS) is 18.8. The quantitative estimate of drug-likeness (QED) is 0.725. The average Bonchev–Trinajstić information content (AvgIpc) is 3.22. The largest absolute Gasteiger partial charge is 0.356 e. The zero-order valence-corrected chi connectivity index (χ0v) is 14.4. The molecular weight excluding hydrogens is 318 g/mol. The van der Waals surface area contributed by atoms with Crippen LogP contribution in [0, 0.1) is 0 Å². The number of hydrogen-bond donors (Lipinski definition) is 0. The van der Waals surface area contributed by atoms with Crippen molar-refractivity contribution in [2.24, 2.45) is 7.05 Å². The van der Waals surface area contributed by atoms with Crippen LogP contribution in [0.5, 0.6) is 0 Å². The molecular formula is C18H21N5O2. The van der Waals surface area contributed by atoms with Crippen molar-refractivity contribution in [1.82, 2.24) is 24.5 Å². The first-order valence-electron chi connectivity index (χ1n) is 8.42. The zero-order chi connectivity index (χ0) is 17.4. The summed E-state index contributed by atoms with van der Waals surface area (Å²) in [5.74, 6) is 1.05. The SMILES string of the molecule is CN1CCN(C(=O)Cc2noc3ccccc23)CC1c1nccn1C. The Morgan fingerprint density at radius 1 is 1.28 bits per heavy atom. The van der Waals surface area contributed by atoms with E-state index in [1.807, 2.05) is 47.0 Å². The van der Waals surface area contributed by atoms with E-state index in [-0.39, 0.29) is 18.4 Å². The number of aromatic nitrogens is 3. The van der Waals surface area contributed by atoms with Gasteiger partial charge in [0.15, 0.2) is 5.58 Å². The monoisotopic (exact) mass is 339 g/mol. The second-order valence-corrected chi connectivity index (χ2v) is 6.53. The summed E-state index contributed by atoms with van der Waals surface area (Å²) < 4.78 is 7.32. The van der Waals surface area contributed by atoms with E-state index in [9.17, 15) is 4.79 Å². The van der Waals surface area contributed by atoms with E-state index in [0.29, 0.717) is 18.8 Å². The van der Waals surface area contributed by atoms with Crippen LogP contribution in [0.4, 0.5) is 0 Å². The van der Waals surface area contributed by atoms with E-state index >= 15 is 0 Å². The summed E-state index contributed by atoms with van der Waals surface area (Å²) >= 11 is 0. The van der Waals surface area contributed by atoms with Gasteiger partial charge >= 0.3 is 0 Å². The molecule has 0 aliphatic carbocycles. The molecule has 0 radical (unpaired) electrons. The lowest BCUT2D eigenvalue weighted by Crippen LogP contribution is -2.50. The molecule has 1 saturated heterocycles. The summed E-state index contributed by atoms with van der Waals surface area (Å²) in [6, 6.07) is 7.74. The Bertz CT molecular complexity index is 900. The van der Waals surface area contributed by atoms with E-state index in [2.05, 4.69) is 22.1 Å². The standard InChI is InChI=1S/C18H21N5O2/c1-21-9-10-23(12-15(21)18-19-7-8-22(18)2)17(24)11-14-13-5-3-4-6-16(13)25-20-14/h3-8,15H,9-12H2,1-2H3. The number of hydrogen-bond acceptors (Lipinski definition) is 5. The molecule has 1 aliphatic rings. The van der Waals surface area contributed by atoms with Crippen LogP contribution in [0.2, 0.25) is 0 Å². The molecule has 1 atom stereocenters. The van der Waals surface area contributed by atoms with Crippen LogP contribution in [0.15, 0.2) is 41.2 Å². The summed E-state index contributed by atoms with van der Waals surface area (Å²) in [7, 11) is 4.06. The molecule has 1 fully saturated rings. The molecule has 3 heterocycles. The summed E-state index contributed by atoms with van der Waals surface area (Å²) in [6.45, 7) is 2.17. The van der Waals surface area contributed by atoms with Crippen LogP contribution in [0.3, 0.4) is 0 Å². The van der Waals surface area contributed by atoms with Gasteiger partial charge in [0, 0.05) is 44.5 Å². The fourth-order valence-corrected chi connectivity index (χ4v) is 3.40. The van der Waals surface area contributed by atoms with Crippen molar-refractivity contribution in [2.75, 3.05) is 26.7 Å². The molecule has 0 spiro atoms. The van der Waals surface area contributed by atoms with Gasteiger partial charge in [-0.15, -0.1) is 0 Å². The number of imidazole rings is 1. The van der Waals surface area contributed by atoms with Crippen molar-refractivity contribution in [3.8, 4) is 0 Å². The van der Waals surface area contributed by atoms with E-state index < -0.39 is 0 Å². The molecule has 0 bridgehead atoms. The van der Waals surface area contributed by atoms with E-state index in [4.69, 9.17) is 4.52 Å². The Hall–Kier alpha value is -2.67. The van der Waals surface area contributed by atoms with Gasteiger partial charge in [-0.2, -0.15) is 0 Å². The molecule has 1 unspecified atom stereocenters. The molecule has 1 amide bonds. The van der Waals surface area contributed by atoms with Crippen LogP contribution in [0.25, 0.3) is 11.0 Å². The van der Waals surface area contributed by atoms with Crippen molar-refractivity contribution < 1.29 is 9.32 Å². The van der Waals surface area contributed by atoms with Gasteiger partial charge < -0.3 is 14.0 Å². The van der Waals surface area contributed by atoms with Crippen molar-refractivity contribution in [3.63, 3.8) is 0 Å². The highest BCUT2D eigenvalue weighted by Crippen LogP contribution is 2.24. The third-order valence-electron chi connectivity index (χ3n) is 4.93. The molecule has 1 aromatic carbocycles. The summed E-state index contributed by atoms with van der Waals surface area (Å²) in [6.07, 6.45) is 3.99. The molecule has 7 heteroatoms. The third kappa shape index (κ3) is 2.91. The molecule has 3 aromatic rings. The average molecular weight is 339 g/mol. The predicted molar refractivity (Wildman–Crippen MR) is 92.9 cm³/mol. The molecule has 0 saturated carbocycles. The number of likely N-dealkylation sites (N-methyl/N-ethyl adjacent to an activating group) is 1. The van der Waals surface area contributed by atoms with Crippen LogP contribution < -0.4 is 0 Å². The number of benzene rings is 1. The summed E-state index contributed by atoms with van der Waals surface area (Å²) in [5.41, 5.74) is 1.42. The first-order valence-corrected chi connectivity index (χ1v) is 8.42. The van der Waals surface area contributed by atoms with Crippen molar-refractivity contribution >= 4 is 16.9 Å². The Labute approximate surface area is 145 Å². The number of carbonyl (C=O) groups excluding carboxylic acids is 1. The van der Waals surface area contributed by atoms with Gasteiger partial charge in [0.25, 0.3) is 0 Å². The fourth-order valence-electron chi connectivity index (χ4n) is 3.40. The Morgan fingerprint density at radius 2 is 2.12 bits per heavy atom. The number of fused-ring (bicyclic) bond motifs is 1. The van der Waals surface area contributed by atoms with Crippen molar-refractivity contribution in [2.45, 2.75) is 12.5 Å². The maximum absolute atomic E-state index is 12.8. The van der Waals surface area contributed by atoms with Crippen LogP contribution in [-0.2, 0) is 18.3 Å². The van der Waals surface area contributed by atoms with Gasteiger partial charge in [-0.25, -0.2) is 4.98 Å². The lowest BCUT2D eigenvalue weighted by Gasteiger charge is -2.39. The number of para-hydroxylation sites is 1. The van der Waals surface area contributed by atoms with Gasteiger partial charge in [-0.05, 0) is 19.2 Å². The minimum atomic E-state index is 0.0753. The second kappa shape index (κ2) is 6.33. The Kier molecular flexibility index (Phi) is 4.01. The Morgan fingerprint density at radius 3 is 2.92 bits per heavy atom. The maximum atomic E-state index is 12.8. The Balaban J connectivity index is 1.51. The first-order chi connectivity index (χ1) is 12.1. The minimum absolute atomic E-state index is 0.0753. The first kappa shape index (κ1) is 15.8. The van der Waals surface area contributed by atoms with E-state index in [0.717, 1.165) is 23.3 Å². The van der Waals surface area contributed by atoms with E-state index in [1.54, 1.807) is 6.20 Å². The lowest BCUT2D eigenvalue weighted by molar-refractivity contribution is -0.133. The number of amides is 1. The van der Waals surface area contributed by atoms with Gasteiger partial charge in [-0.3, -0.25) is 9.69 Å². The molecule has 2 aromatic heterocycles. The highest BCUT2D eigenvalue weighted by atomic mass is 16.5. The summed E-state index contributed by atoms with van der Waals surface area (Å²) in [4.78, 5) is 21.4. The smallest absolute Gasteiger partial charge is 0.228 e. The molecule has 25 heavy (non-hydrogen) atoms. The maximum Gasteiger partial charge on any atom is 0.228 e. The number of piperazine rings is 1. The molecule has 130 valence electrons. The van der Waals surface area contributed by atoms with Crippen LogP contribution >= 0.6 is 0 Å². The van der Waals surface area contributed by atoms with Gasteiger partial charge in [0.2, 0.25) is 5.91 Å². The molecule has 7 nitrogen and oxygen atoms in total. The van der Waals surface area contributed by atoms with Gasteiger partial charge in [0.1, 0.15) is 11.5 Å². The van der Waals surface area contributed by atoms with Crippen molar-refractivity contribution in [3.05, 3.63) is 48.2 Å². The summed E-state index contributed by atoms with van der Waals surface area (Å²) in [5, 5.41) is 4.99. The number of nitrogens with zero attached hydrogens (tertiary/aromatic N) is 5. The van der Waals surface area contributed by atoms with Crippen LogP contribution in [-0.4, -0.2) is 57.1 Å². The highest BCUT2D eigenvalue weighted by Gasteiger charge is 2.31. The molecule has 4 rings (SSSR count). The fraction of sp³-hybridized carbons (Fsp3) is 0.389. The van der Waals surface area contributed by atoms with Gasteiger partial charge in [-0.1, -0.05) is 17.3 Å². The highest BCUT2D eigenvalue weighted by molar-refractivity contribution is 5.86. The second-order valence-electron chi connectivity index (χ2n) is 6.53. The van der Waals surface area contributed by atoms with Gasteiger partial charge in [0.05, 0.1) is 12.5 Å². The predicted octanol–water partition coefficient (Wildman–Crippen LogP) is 1.62. The van der Waals surface area contributed by atoms with E-state index in [1.165, 1.54) is 0 Å². The number of aryl methyl sites for hydroxylation is 1. The zero-order valence-electron chi connectivity index (χ0n) is 14.4. The molecule has 1 aliphatic heterocycles. The minimum Gasteiger partial charge on any atom is -0.356 e. The third-order valence-corrected chi connectivity index (χ3v) is 4.93. The van der Waals surface area contributed by atoms with Crippen LogP contribution in [0.1, 0.15) is 17.6 Å². The number of carbonyl (C=O) groups is 1. The number of rotatable bonds is 3. The lowest BCUT2D eigenvalue weighted by atomic mass is 10.1. The molecule has 0 N–H and O–H groups in total. The van der Waals surface area contributed by atoms with Crippen molar-refractivity contribution in [1.29, 1.82) is 0 Å². The topological polar surface area (TPSA) is 67.4 Å².